The van der Waals surface area contributed by atoms with Crippen molar-refractivity contribution in [1.29, 1.82) is 0 Å². The molecule has 1 saturated heterocycles. The quantitative estimate of drug-likeness (QED) is 0.915. The molecule has 0 bridgehead atoms. The Morgan fingerprint density at radius 2 is 1.89 bits per heavy atom. The van der Waals surface area contributed by atoms with Crippen LogP contribution in [0.1, 0.15) is 38.8 Å². The molecule has 2 unspecified atom stereocenters. The molecule has 2 heterocycles. The van der Waals surface area contributed by atoms with E-state index in [1.165, 1.54) is 0 Å². The van der Waals surface area contributed by atoms with E-state index in [1.54, 1.807) is 28.2 Å². The highest BCUT2D eigenvalue weighted by molar-refractivity contribution is 7.89. The van der Waals surface area contributed by atoms with Crippen molar-refractivity contribution in [3.05, 3.63) is 18.0 Å². The first-order valence-electron chi connectivity index (χ1n) is 6.67. The van der Waals surface area contributed by atoms with Gasteiger partial charge < -0.3 is 9.67 Å². The van der Waals surface area contributed by atoms with Gasteiger partial charge in [0.15, 0.2) is 0 Å². The number of sulfonamides is 1. The summed E-state index contributed by atoms with van der Waals surface area (Å²) < 4.78 is 28.7. The summed E-state index contributed by atoms with van der Waals surface area (Å²) in [7, 11) is -1.73. The third-order valence-electron chi connectivity index (χ3n) is 3.93. The number of hydrogen-bond acceptors (Lipinski definition) is 3. The Morgan fingerprint density at radius 3 is 2.37 bits per heavy atom. The van der Waals surface area contributed by atoms with Crippen LogP contribution in [0, 0.1) is 0 Å². The minimum Gasteiger partial charge on any atom is -0.390 e. The van der Waals surface area contributed by atoms with Gasteiger partial charge in [0.25, 0.3) is 0 Å². The number of aliphatic hydroxyl groups excluding tert-OH is 1. The average molecular weight is 286 g/mol. The van der Waals surface area contributed by atoms with Crippen molar-refractivity contribution >= 4 is 10.0 Å². The third-order valence-corrected chi connectivity index (χ3v) is 6.03. The molecule has 5 nitrogen and oxygen atoms in total. The molecule has 1 fully saturated rings. The first-order chi connectivity index (χ1) is 8.87. The second kappa shape index (κ2) is 5.26. The van der Waals surface area contributed by atoms with Crippen LogP contribution in [0.25, 0.3) is 0 Å². The fraction of sp³-hybridized carbons (Fsp3) is 0.692. The largest absolute Gasteiger partial charge is 0.390 e. The summed E-state index contributed by atoms with van der Waals surface area (Å²) in [5.74, 6) is 0. The van der Waals surface area contributed by atoms with Gasteiger partial charge in [-0.2, -0.15) is 4.31 Å². The summed E-state index contributed by atoms with van der Waals surface area (Å²) in [5, 5.41) is 9.18. The van der Waals surface area contributed by atoms with Gasteiger partial charge >= 0.3 is 0 Å². The third kappa shape index (κ3) is 2.57. The second-order valence-electron chi connectivity index (χ2n) is 5.40. The fourth-order valence-electron chi connectivity index (χ4n) is 2.87. The highest BCUT2D eigenvalue weighted by Crippen LogP contribution is 2.30. The van der Waals surface area contributed by atoms with Crippen LogP contribution in [0.15, 0.2) is 17.2 Å². The predicted molar refractivity (Wildman–Crippen MR) is 73.1 cm³/mol. The molecular formula is C13H22N2O3S. The normalized spacial score (nSPS) is 25.7. The van der Waals surface area contributed by atoms with Gasteiger partial charge in [-0.15, -0.1) is 0 Å². The molecule has 19 heavy (non-hydrogen) atoms. The van der Waals surface area contributed by atoms with E-state index >= 15 is 0 Å². The van der Waals surface area contributed by atoms with Gasteiger partial charge in [-0.05, 0) is 32.8 Å². The number of piperidine rings is 1. The molecule has 0 aromatic carbocycles. The highest BCUT2D eigenvalue weighted by Gasteiger charge is 2.36. The number of aromatic nitrogens is 1. The molecule has 1 aromatic heterocycles. The lowest BCUT2D eigenvalue weighted by molar-refractivity contribution is 0.204. The van der Waals surface area contributed by atoms with Gasteiger partial charge in [0, 0.05) is 31.0 Å². The van der Waals surface area contributed by atoms with E-state index in [2.05, 4.69) is 0 Å². The maximum Gasteiger partial charge on any atom is 0.245 e. The van der Waals surface area contributed by atoms with E-state index in [4.69, 9.17) is 0 Å². The molecule has 1 aliphatic heterocycles. The minimum atomic E-state index is -3.47. The van der Waals surface area contributed by atoms with Crippen LogP contribution in [0.2, 0.25) is 0 Å². The zero-order valence-electron chi connectivity index (χ0n) is 11.7. The number of rotatable bonds is 3. The van der Waals surface area contributed by atoms with Crippen molar-refractivity contribution < 1.29 is 13.5 Å². The molecule has 0 saturated carbocycles. The molecule has 1 aromatic rings. The smallest absolute Gasteiger partial charge is 0.245 e. The SMILES string of the molecule is CC1CCCC(C)N1S(=O)(=O)c1cc(CO)n(C)c1. The second-order valence-corrected chi connectivity index (χ2v) is 7.24. The zero-order valence-corrected chi connectivity index (χ0v) is 12.5. The molecule has 2 rings (SSSR count). The van der Waals surface area contributed by atoms with Crippen LogP contribution >= 0.6 is 0 Å². The molecule has 1 aliphatic rings. The lowest BCUT2D eigenvalue weighted by Crippen LogP contribution is -2.47. The number of nitrogens with zero attached hydrogens (tertiary/aromatic N) is 2. The molecule has 108 valence electrons. The maximum absolute atomic E-state index is 12.7. The molecule has 2 atom stereocenters. The summed E-state index contributed by atoms with van der Waals surface area (Å²) >= 11 is 0. The monoisotopic (exact) mass is 286 g/mol. The summed E-state index contributed by atoms with van der Waals surface area (Å²) in [4.78, 5) is 0.277. The van der Waals surface area contributed by atoms with Crippen LogP contribution in [0.3, 0.4) is 0 Å². The lowest BCUT2D eigenvalue weighted by atomic mass is 10.0. The van der Waals surface area contributed by atoms with Crippen LogP contribution in [0.5, 0.6) is 0 Å². The molecule has 6 heteroatoms. The molecular weight excluding hydrogens is 264 g/mol. The molecule has 0 spiro atoms. The van der Waals surface area contributed by atoms with E-state index in [1.807, 2.05) is 13.8 Å². The first-order valence-corrected chi connectivity index (χ1v) is 8.11. The van der Waals surface area contributed by atoms with Crippen molar-refractivity contribution in [2.45, 2.75) is 56.7 Å². The topological polar surface area (TPSA) is 62.5 Å². The minimum absolute atomic E-state index is 0.0338. The van der Waals surface area contributed by atoms with E-state index < -0.39 is 10.0 Å². The van der Waals surface area contributed by atoms with Gasteiger partial charge in [-0.25, -0.2) is 8.42 Å². The van der Waals surface area contributed by atoms with Gasteiger partial charge in [0.05, 0.1) is 6.61 Å². The standard InChI is InChI=1S/C13H22N2O3S/c1-10-5-4-6-11(2)15(10)19(17,18)13-7-12(9-16)14(3)8-13/h7-8,10-11,16H,4-6,9H2,1-3H3. The number of aryl methyl sites for hydroxylation is 1. The Morgan fingerprint density at radius 1 is 1.32 bits per heavy atom. The van der Waals surface area contributed by atoms with Crippen molar-refractivity contribution in [2.24, 2.45) is 7.05 Å². The maximum atomic E-state index is 12.7. The van der Waals surface area contributed by atoms with E-state index in [-0.39, 0.29) is 23.6 Å². The molecule has 1 N–H and O–H groups in total. The number of aliphatic hydroxyl groups is 1. The summed E-state index contributed by atoms with van der Waals surface area (Å²) in [6.07, 6.45) is 4.46. The van der Waals surface area contributed by atoms with Crippen molar-refractivity contribution in [3.63, 3.8) is 0 Å². The molecule has 0 amide bonds. The zero-order chi connectivity index (χ0) is 14.2. The summed E-state index contributed by atoms with van der Waals surface area (Å²) in [5.41, 5.74) is 0.607. The van der Waals surface area contributed by atoms with Crippen molar-refractivity contribution in [3.8, 4) is 0 Å². The van der Waals surface area contributed by atoms with Crippen molar-refractivity contribution in [2.75, 3.05) is 0 Å². The van der Waals surface area contributed by atoms with E-state index in [0.29, 0.717) is 5.69 Å². The highest BCUT2D eigenvalue weighted by atomic mass is 32.2. The van der Waals surface area contributed by atoms with Gasteiger partial charge in [0.1, 0.15) is 4.90 Å². The Bertz CT molecular complexity index is 540. The van der Waals surface area contributed by atoms with Gasteiger partial charge in [0.2, 0.25) is 10.0 Å². The number of hydrogen-bond donors (Lipinski definition) is 1. The van der Waals surface area contributed by atoms with Gasteiger partial charge in [-0.3, -0.25) is 0 Å². The first kappa shape index (κ1) is 14.6. The molecule has 0 aliphatic carbocycles. The molecule has 0 radical (unpaired) electrons. The summed E-state index contributed by atoms with van der Waals surface area (Å²) in [6.45, 7) is 3.77. The Labute approximate surface area is 114 Å². The predicted octanol–water partition coefficient (Wildman–Crippen LogP) is 1.47. The van der Waals surface area contributed by atoms with Crippen LogP contribution < -0.4 is 0 Å². The lowest BCUT2D eigenvalue weighted by Gasteiger charge is -2.37. The van der Waals surface area contributed by atoms with E-state index in [0.717, 1.165) is 19.3 Å². The average Bonchev–Trinajstić information content (AvgIpc) is 2.70. The van der Waals surface area contributed by atoms with Crippen LogP contribution in [-0.4, -0.2) is 34.5 Å². The fourth-order valence-corrected chi connectivity index (χ4v) is 4.85. The Balaban J connectivity index is 2.40. The summed E-state index contributed by atoms with van der Waals surface area (Å²) in [6, 6.07) is 1.63. The van der Waals surface area contributed by atoms with Gasteiger partial charge in [-0.1, -0.05) is 6.42 Å². The van der Waals surface area contributed by atoms with E-state index in [9.17, 15) is 13.5 Å². The Hall–Kier alpha value is -0.850. The van der Waals surface area contributed by atoms with Crippen LogP contribution in [0.4, 0.5) is 0 Å². The Kier molecular flexibility index (Phi) is 4.03. The van der Waals surface area contributed by atoms with Crippen molar-refractivity contribution in [1.82, 2.24) is 8.87 Å². The van der Waals surface area contributed by atoms with Crippen LogP contribution in [-0.2, 0) is 23.7 Å².